The van der Waals surface area contributed by atoms with Crippen LogP contribution in [-0.2, 0) is 24.2 Å². The molecule has 2 N–H and O–H groups in total. The number of Topliss-reactive ketones (excluding diaryl/α,β-unsaturated/α-hetero) is 1. The van der Waals surface area contributed by atoms with Gasteiger partial charge < -0.3 is 19.8 Å². The number of fused-ring (bicyclic) bond motifs is 1. The number of carbonyl (C=O) groups excluding carboxylic acids is 1. The first-order valence-corrected chi connectivity index (χ1v) is 9.82. The van der Waals surface area contributed by atoms with Crippen LogP contribution in [0, 0.1) is 0 Å². The highest BCUT2D eigenvalue weighted by atomic mass is 16.5. The molecule has 2 atom stereocenters. The third kappa shape index (κ3) is 4.91. The lowest BCUT2D eigenvalue weighted by Crippen LogP contribution is -2.41. The normalized spacial score (nSPS) is 20.6. The van der Waals surface area contributed by atoms with Crippen molar-refractivity contribution in [2.75, 3.05) is 14.1 Å². The Kier molecular flexibility index (Phi) is 6.70. The number of ketones is 1. The standard InChI is InChI=1S/C23H29NO4/c1-24(2)20-14-17-8-13-22(28-15-16-6-4-3-5-7-16)23(27)19(17)11-9-18(25)10-12-21(20)26/h3-8,13,20-21,26-27H,9-12,14-15H2,1-2H3. The van der Waals surface area contributed by atoms with Gasteiger partial charge in [-0.15, -0.1) is 0 Å². The van der Waals surface area contributed by atoms with E-state index < -0.39 is 6.10 Å². The highest BCUT2D eigenvalue weighted by Gasteiger charge is 2.26. The topological polar surface area (TPSA) is 70.0 Å². The zero-order valence-corrected chi connectivity index (χ0v) is 16.6. The van der Waals surface area contributed by atoms with Gasteiger partial charge >= 0.3 is 0 Å². The van der Waals surface area contributed by atoms with Crippen LogP contribution in [0.4, 0.5) is 0 Å². The highest BCUT2D eigenvalue weighted by molar-refractivity contribution is 5.79. The zero-order valence-electron chi connectivity index (χ0n) is 16.6. The molecule has 3 rings (SSSR count). The van der Waals surface area contributed by atoms with Crippen molar-refractivity contribution in [2.45, 2.75) is 50.9 Å². The van der Waals surface area contributed by atoms with Gasteiger partial charge in [0.2, 0.25) is 0 Å². The number of rotatable bonds is 4. The fraction of sp³-hybridized carbons (Fsp3) is 0.435. The first kappa shape index (κ1) is 20.4. The second kappa shape index (κ2) is 9.22. The summed E-state index contributed by atoms with van der Waals surface area (Å²) in [4.78, 5) is 14.2. The molecule has 150 valence electrons. The summed E-state index contributed by atoms with van der Waals surface area (Å²) in [6.07, 6.45) is 1.72. The van der Waals surface area contributed by atoms with Crippen molar-refractivity contribution >= 4 is 5.78 Å². The van der Waals surface area contributed by atoms with E-state index in [0.717, 1.165) is 16.7 Å². The molecule has 1 aliphatic carbocycles. The molecule has 28 heavy (non-hydrogen) atoms. The van der Waals surface area contributed by atoms with E-state index in [1.165, 1.54) is 0 Å². The number of aliphatic hydroxyl groups is 1. The van der Waals surface area contributed by atoms with Crippen LogP contribution in [0.25, 0.3) is 0 Å². The van der Waals surface area contributed by atoms with Gasteiger partial charge in [-0.3, -0.25) is 4.79 Å². The molecular weight excluding hydrogens is 354 g/mol. The van der Waals surface area contributed by atoms with Crippen LogP contribution >= 0.6 is 0 Å². The van der Waals surface area contributed by atoms with E-state index in [1.807, 2.05) is 55.4 Å². The summed E-state index contributed by atoms with van der Waals surface area (Å²) in [5.74, 6) is 0.641. The van der Waals surface area contributed by atoms with E-state index in [1.54, 1.807) is 6.07 Å². The molecule has 0 amide bonds. The van der Waals surface area contributed by atoms with Gasteiger partial charge in [-0.2, -0.15) is 0 Å². The third-order valence-corrected chi connectivity index (χ3v) is 5.49. The molecule has 0 saturated heterocycles. The van der Waals surface area contributed by atoms with Crippen molar-refractivity contribution in [3.8, 4) is 11.5 Å². The largest absolute Gasteiger partial charge is 0.504 e. The SMILES string of the molecule is CN(C)C1Cc2ccc(OCc3ccccc3)c(O)c2CCC(=O)CCC1O. The number of hydrogen-bond donors (Lipinski definition) is 2. The third-order valence-electron chi connectivity index (χ3n) is 5.49. The van der Waals surface area contributed by atoms with Crippen molar-refractivity contribution in [1.29, 1.82) is 0 Å². The molecule has 0 aliphatic heterocycles. The summed E-state index contributed by atoms with van der Waals surface area (Å²) in [6.45, 7) is 0.366. The Hall–Kier alpha value is -2.37. The number of aromatic hydroxyl groups is 1. The van der Waals surface area contributed by atoms with Crippen molar-refractivity contribution in [3.05, 3.63) is 59.2 Å². The van der Waals surface area contributed by atoms with Gasteiger partial charge in [0.25, 0.3) is 0 Å². The van der Waals surface area contributed by atoms with Crippen LogP contribution in [0.2, 0.25) is 0 Å². The molecule has 5 nitrogen and oxygen atoms in total. The minimum Gasteiger partial charge on any atom is -0.504 e. The van der Waals surface area contributed by atoms with Gasteiger partial charge in [0.15, 0.2) is 11.5 Å². The first-order chi connectivity index (χ1) is 13.5. The minimum absolute atomic E-state index is 0.105. The van der Waals surface area contributed by atoms with Gasteiger partial charge in [0.05, 0.1) is 6.10 Å². The van der Waals surface area contributed by atoms with Crippen LogP contribution in [-0.4, -0.2) is 47.1 Å². The fourth-order valence-corrected chi connectivity index (χ4v) is 3.76. The van der Waals surface area contributed by atoms with Crippen molar-refractivity contribution in [3.63, 3.8) is 0 Å². The predicted molar refractivity (Wildman–Crippen MR) is 109 cm³/mol. The maximum atomic E-state index is 12.2. The Morgan fingerprint density at radius 2 is 1.82 bits per heavy atom. The number of benzene rings is 2. The summed E-state index contributed by atoms with van der Waals surface area (Å²) in [5.41, 5.74) is 2.73. The highest BCUT2D eigenvalue weighted by Crippen LogP contribution is 2.36. The molecule has 0 spiro atoms. The molecule has 0 bridgehead atoms. The number of ether oxygens (including phenoxy) is 1. The molecule has 5 heteroatoms. The van der Waals surface area contributed by atoms with Crippen LogP contribution in [0.15, 0.2) is 42.5 Å². The average molecular weight is 383 g/mol. The Morgan fingerprint density at radius 1 is 1.07 bits per heavy atom. The lowest BCUT2D eigenvalue weighted by atomic mass is 9.89. The predicted octanol–water partition coefficient (Wildman–Crippen LogP) is 3.10. The Bertz CT molecular complexity index is 804. The summed E-state index contributed by atoms with van der Waals surface area (Å²) < 4.78 is 5.84. The fourth-order valence-electron chi connectivity index (χ4n) is 3.76. The van der Waals surface area contributed by atoms with Crippen LogP contribution in [0.5, 0.6) is 11.5 Å². The Balaban J connectivity index is 1.88. The minimum atomic E-state index is -0.582. The van der Waals surface area contributed by atoms with Crippen molar-refractivity contribution in [1.82, 2.24) is 4.90 Å². The molecule has 1 aliphatic rings. The molecule has 2 unspecified atom stereocenters. The number of likely N-dealkylation sites (N-methyl/N-ethyl adjacent to an activating group) is 1. The number of aliphatic hydroxyl groups excluding tert-OH is 1. The van der Waals surface area contributed by atoms with Crippen LogP contribution in [0.1, 0.15) is 36.0 Å². The van der Waals surface area contributed by atoms with Crippen LogP contribution in [0.3, 0.4) is 0 Å². The van der Waals surface area contributed by atoms with Crippen LogP contribution < -0.4 is 4.74 Å². The van der Waals surface area contributed by atoms with Gasteiger partial charge in [-0.1, -0.05) is 36.4 Å². The second-order valence-electron chi connectivity index (χ2n) is 7.70. The summed E-state index contributed by atoms with van der Waals surface area (Å²) in [5, 5.41) is 21.4. The number of hydrogen-bond acceptors (Lipinski definition) is 5. The molecule has 0 fully saturated rings. The smallest absolute Gasteiger partial charge is 0.161 e. The van der Waals surface area contributed by atoms with Gasteiger partial charge in [0, 0.05) is 24.4 Å². The lowest BCUT2D eigenvalue weighted by Gasteiger charge is -2.31. The molecule has 0 heterocycles. The molecule has 2 aromatic rings. The molecule has 0 saturated carbocycles. The molecule has 0 aromatic heterocycles. The summed E-state index contributed by atoms with van der Waals surface area (Å²) in [6, 6.07) is 13.4. The van der Waals surface area contributed by atoms with E-state index in [0.29, 0.717) is 44.5 Å². The number of phenolic OH excluding ortho intramolecular Hbond substituents is 1. The molecule has 2 aromatic carbocycles. The maximum Gasteiger partial charge on any atom is 0.161 e. The lowest BCUT2D eigenvalue weighted by molar-refractivity contribution is -0.119. The van der Waals surface area contributed by atoms with E-state index in [4.69, 9.17) is 4.74 Å². The quantitative estimate of drug-likeness (QED) is 0.849. The first-order valence-electron chi connectivity index (χ1n) is 9.82. The van der Waals surface area contributed by atoms with E-state index >= 15 is 0 Å². The van der Waals surface area contributed by atoms with E-state index in [-0.39, 0.29) is 17.6 Å². The maximum absolute atomic E-state index is 12.2. The van der Waals surface area contributed by atoms with Gasteiger partial charge in [0.1, 0.15) is 12.4 Å². The van der Waals surface area contributed by atoms with Gasteiger partial charge in [-0.25, -0.2) is 0 Å². The number of carbonyl (C=O) groups is 1. The molecule has 0 radical (unpaired) electrons. The van der Waals surface area contributed by atoms with Crippen molar-refractivity contribution in [2.24, 2.45) is 0 Å². The van der Waals surface area contributed by atoms with Crippen molar-refractivity contribution < 1.29 is 19.7 Å². The zero-order chi connectivity index (χ0) is 20.1. The monoisotopic (exact) mass is 383 g/mol. The van der Waals surface area contributed by atoms with Gasteiger partial charge in [-0.05, 0) is 50.6 Å². The second-order valence-corrected chi connectivity index (χ2v) is 7.70. The number of nitrogens with zero attached hydrogens (tertiary/aromatic N) is 1. The summed E-state index contributed by atoms with van der Waals surface area (Å²) in [7, 11) is 3.86. The summed E-state index contributed by atoms with van der Waals surface area (Å²) >= 11 is 0. The Morgan fingerprint density at radius 3 is 2.54 bits per heavy atom. The van der Waals surface area contributed by atoms with E-state index in [9.17, 15) is 15.0 Å². The average Bonchev–Trinajstić information content (AvgIpc) is 2.69. The molecular formula is C23H29NO4. The number of phenols is 1. The van der Waals surface area contributed by atoms with E-state index in [2.05, 4.69) is 0 Å². The Labute approximate surface area is 166 Å².